The van der Waals surface area contributed by atoms with Crippen LogP contribution >= 0.6 is 11.3 Å². The highest BCUT2D eigenvalue weighted by atomic mass is 32.1. The molecule has 0 spiro atoms. The first-order valence-electron chi connectivity index (χ1n) is 11.4. The van der Waals surface area contributed by atoms with E-state index in [1.807, 2.05) is 48.2 Å². The third-order valence-corrected chi connectivity index (χ3v) is 6.75. The lowest BCUT2D eigenvalue weighted by molar-refractivity contribution is -0.134. The van der Waals surface area contributed by atoms with Crippen LogP contribution in [-0.4, -0.2) is 73.0 Å². The van der Waals surface area contributed by atoms with Gasteiger partial charge >= 0.3 is 0 Å². The number of hydrogen-bond acceptors (Lipinski definition) is 7. The van der Waals surface area contributed by atoms with Crippen LogP contribution in [0.15, 0.2) is 42.5 Å². The normalized spacial score (nSPS) is 14.2. The third-order valence-electron chi connectivity index (χ3n) is 5.82. The van der Waals surface area contributed by atoms with Gasteiger partial charge in [0.2, 0.25) is 11.8 Å². The number of amides is 2. The van der Waals surface area contributed by atoms with E-state index in [9.17, 15) is 9.59 Å². The Kier molecular flexibility index (Phi) is 7.97. The number of nitrogens with zero attached hydrogens (tertiary/aromatic N) is 3. The summed E-state index contributed by atoms with van der Waals surface area (Å²) < 4.78 is 12.0. The summed E-state index contributed by atoms with van der Waals surface area (Å²) in [7, 11) is 1.64. The van der Waals surface area contributed by atoms with Crippen molar-refractivity contribution in [3.05, 3.63) is 48.0 Å². The monoisotopic (exact) mass is 482 g/mol. The number of fused-ring (bicyclic) bond motifs is 1. The fraction of sp³-hybridized carbons (Fsp3) is 0.400. The molecular formula is C25H30N4O4S. The number of rotatable bonds is 9. The van der Waals surface area contributed by atoms with Crippen LogP contribution in [0.3, 0.4) is 0 Å². The molecule has 1 aliphatic rings. The van der Waals surface area contributed by atoms with E-state index in [2.05, 4.69) is 21.3 Å². The van der Waals surface area contributed by atoms with Crippen LogP contribution in [0.2, 0.25) is 0 Å². The summed E-state index contributed by atoms with van der Waals surface area (Å²) in [5, 5.41) is 3.40. The van der Waals surface area contributed by atoms with E-state index < -0.39 is 0 Å². The number of benzene rings is 2. The largest absolute Gasteiger partial charge is 0.497 e. The molecule has 1 N–H and O–H groups in total. The van der Waals surface area contributed by atoms with Gasteiger partial charge in [0.1, 0.15) is 18.1 Å². The molecule has 9 heteroatoms. The second kappa shape index (κ2) is 11.3. The predicted molar refractivity (Wildman–Crippen MR) is 134 cm³/mol. The molecule has 1 saturated heterocycles. The van der Waals surface area contributed by atoms with Gasteiger partial charge in [0, 0.05) is 45.6 Å². The molecule has 0 atom stereocenters. The van der Waals surface area contributed by atoms with Gasteiger partial charge in [-0.15, -0.1) is 0 Å². The standard InChI is InChI=1S/C25H30N4O4S/c1-18-3-8-21-22(17-18)34-25(26-21)27-23(30)9-10-24(31)29-13-11-28(12-14-29)15-16-33-20-6-4-19(32-2)5-7-20/h3-8,17H,9-16H2,1-2H3,(H,26,27,30). The fourth-order valence-corrected chi connectivity index (χ4v) is 4.81. The molecule has 2 heterocycles. The molecule has 0 aliphatic carbocycles. The van der Waals surface area contributed by atoms with Gasteiger partial charge in [0.05, 0.1) is 17.3 Å². The SMILES string of the molecule is COc1ccc(OCCN2CCN(C(=O)CCC(=O)Nc3nc4ccc(C)cc4s3)CC2)cc1. The van der Waals surface area contributed by atoms with Crippen molar-refractivity contribution >= 4 is 38.5 Å². The number of aryl methyl sites for hydroxylation is 1. The summed E-state index contributed by atoms with van der Waals surface area (Å²) in [5.74, 6) is 1.45. The Labute approximate surface area is 203 Å². The van der Waals surface area contributed by atoms with Crippen LogP contribution in [-0.2, 0) is 9.59 Å². The number of thiazole rings is 1. The molecule has 2 aromatic carbocycles. The molecule has 3 aromatic rings. The molecule has 4 rings (SSSR count). The van der Waals surface area contributed by atoms with E-state index in [1.54, 1.807) is 7.11 Å². The molecule has 1 aliphatic heterocycles. The molecule has 34 heavy (non-hydrogen) atoms. The molecule has 2 amide bonds. The van der Waals surface area contributed by atoms with Crippen molar-refractivity contribution in [1.82, 2.24) is 14.8 Å². The van der Waals surface area contributed by atoms with Gasteiger partial charge in [-0.2, -0.15) is 0 Å². The maximum absolute atomic E-state index is 12.6. The number of anilines is 1. The molecule has 8 nitrogen and oxygen atoms in total. The zero-order valence-corrected chi connectivity index (χ0v) is 20.4. The number of methoxy groups -OCH3 is 1. The van der Waals surface area contributed by atoms with Crippen LogP contribution in [0.4, 0.5) is 5.13 Å². The topological polar surface area (TPSA) is 84.0 Å². The number of carbonyl (C=O) groups excluding carboxylic acids is 2. The first-order valence-corrected chi connectivity index (χ1v) is 12.3. The minimum atomic E-state index is -0.182. The van der Waals surface area contributed by atoms with Crippen molar-refractivity contribution in [3.8, 4) is 11.5 Å². The first-order chi connectivity index (χ1) is 16.5. The second-order valence-electron chi connectivity index (χ2n) is 8.28. The molecule has 180 valence electrons. The van der Waals surface area contributed by atoms with Crippen LogP contribution < -0.4 is 14.8 Å². The van der Waals surface area contributed by atoms with Crippen molar-refractivity contribution < 1.29 is 19.1 Å². The fourth-order valence-electron chi connectivity index (χ4n) is 3.83. The van der Waals surface area contributed by atoms with E-state index in [-0.39, 0.29) is 24.7 Å². The van der Waals surface area contributed by atoms with Gasteiger partial charge in [-0.3, -0.25) is 14.5 Å². The van der Waals surface area contributed by atoms with E-state index in [0.717, 1.165) is 46.9 Å². The maximum atomic E-state index is 12.6. The number of carbonyl (C=O) groups is 2. The lowest BCUT2D eigenvalue weighted by Gasteiger charge is -2.34. The summed E-state index contributed by atoms with van der Waals surface area (Å²) in [4.78, 5) is 33.5. The van der Waals surface area contributed by atoms with E-state index >= 15 is 0 Å². The maximum Gasteiger partial charge on any atom is 0.226 e. The van der Waals surface area contributed by atoms with Crippen molar-refractivity contribution in [1.29, 1.82) is 0 Å². The Morgan fingerprint density at radius 1 is 1.03 bits per heavy atom. The van der Waals surface area contributed by atoms with Gasteiger partial charge in [-0.05, 0) is 48.9 Å². The Morgan fingerprint density at radius 2 is 1.76 bits per heavy atom. The minimum absolute atomic E-state index is 0.0178. The van der Waals surface area contributed by atoms with Crippen LogP contribution in [0.25, 0.3) is 10.2 Å². The molecule has 1 aromatic heterocycles. The van der Waals surface area contributed by atoms with Crippen molar-refractivity contribution in [2.24, 2.45) is 0 Å². The molecule has 0 radical (unpaired) electrons. The predicted octanol–water partition coefficient (Wildman–Crippen LogP) is 3.56. The summed E-state index contributed by atoms with van der Waals surface area (Å²) >= 11 is 1.45. The van der Waals surface area contributed by atoms with E-state index in [1.165, 1.54) is 11.3 Å². The first kappa shape index (κ1) is 24.0. The lowest BCUT2D eigenvalue weighted by atomic mass is 10.2. The molecular weight excluding hydrogens is 452 g/mol. The lowest BCUT2D eigenvalue weighted by Crippen LogP contribution is -2.49. The van der Waals surface area contributed by atoms with Gasteiger partial charge in [0.15, 0.2) is 5.13 Å². The minimum Gasteiger partial charge on any atom is -0.497 e. The average molecular weight is 483 g/mol. The number of aromatic nitrogens is 1. The van der Waals surface area contributed by atoms with E-state index in [4.69, 9.17) is 9.47 Å². The van der Waals surface area contributed by atoms with Crippen LogP contribution in [0, 0.1) is 6.92 Å². The quantitative estimate of drug-likeness (QED) is 0.502. The van der Waals surface area contributed by atoms with Gasteiger partial charge in [-0.1, -0.05) is 17.4 Å². The van der Waals surface area contributed by atoms with Gasteiger partial charge in [0.25, 0.3) is 0 Å². The van der Waals surface area contributed by atoms with Crippen LogP contribution in [0.1, 0.15) is 18.4 Å². The molecule has 0 unspecified atom stereocenters. The molecule has 1 fully saturated rings. The Balaban J connectivity index is 1.13. The number of ether oxygens (including phenoxy) is 2. The second-order valence-corrected chi connectivity index (χ2v) is 9.32. The average Bonchev–Trinajstić information content (AvgIpc) is 3.24. The number of piperazine rings is 1. The van der Waals surface area contributed by atoms with Gasteiger partial charge < -0.3 is 19.7 Å². The molecule has 0 bridgehead atoms. The van der Waals surface area contributed by atoms with Gasteiger partial charge in [-0.25, -0.2) is 4.98 Å². The highest BCUT2D eigenvalue weighted by Gasteiger charge is 2.21. The van der Waals surface area contributed by atoms with Crippen molar-refractivity contribution in [3.63, 3.8) is 0 Å². The zero-order chi connectivity index (χ0) is 23.9. The summed E-state index contributed by atoms with van der Waals surface area (Å²) in [6.45, 7) is 6.35. The summed E-state index contributed by atoms with van der Waals surface area (Å²) in [6.07, 6.45) is 0.361. The number of hydrogen-bond donors (Lipinski definition) is 1. The van der Waals surface area contributed by atoms with Crippen molar-refractivity contribution in [2.45, 2.75) is 19.8 Å². The van der Waals surface area contributed by atoms with Crippen molar-refractivity contribution in [2.75, 3.05) is 51.8 Å². The Morgan fingerprint density at radius 3 is 2.50 bits per heavy atom. The van der Waals surface area contributed by atoms with E-state index in [0.29, 0.717) is 24.8 Å². The Bertz CT molecular complexity index is 1120. The zero-order valence-electron chi connectivity index (χ0n) is 19.6. The molecule has 0 saturated carbocycles. The number of nitrogens with one attached hydrogen (secondary N) is 1. The van der Waals surface area contributed by atoms with Crippen LogP contribution in [0.5, 0.6) is 11.5 Å². The smallest absolute Gasteiger partial charge is 0.226 e. The highest BCUT2D eigenvalue weighted by molar-refractivity contribution is 7.22. The summed E-state index contributed by atoms with van der Waals surface area (Å²) in [6, 6.07) is 13.5. The Hall–Kier alpha value is -3.17. The highest BCUT2D eigenvalue weighted by Crippen LogP contribution is 2.26. The third kappa shape index (κ3) is 6.45. The summed E-state index contributed by atoms with van der Waals surface area (Å²) in [5.41, 5.74) is 2.03.